The number of esters is 1. The van der Waals surface area contributed by atoms with Crippen LogP contribution in [0.5, 0.6) is 0 Å². The molecule has 0 aromatic carbocycles. The van der Waals surface area contributed by atoms with E-state index in [1.807, 2.05) is 0 Å². The highest BCUT2D eigenvalue weighted by atomic mass is 16.5. The SMILES string of the molecule is CCOC(=O)/C(C=C(C#N)C#N)=C(/C)O. The van der Waals surface area contributed by atoms with Crippen LogP contribution in [0.4, 0.5) is 0 Å². The molecule has 0 saturated heterocycles. The highest BCUT2D eigenvalue weighted by Crippen LogP contribution is 2.08. The van der Waals surface area contributed by atoms with Crippen LogP contribution in [-0.4, -0.2) is 17.7 Å². The fourth-order valence-electron chi connectivity index (χ4n) is 0.754. The molecule has 0 unspecified atom stereocenters. The standard InChI is InChI=1S/C10H10N2O3/c1-3-15-10(14)9(7(2)13)4-8(5-11)6-12/h4,13H,3H2,1-2H3/b9-7-. The summed E-state index contributed by atoms with van der Waals surface area (Å²) in [5, 5.41) is 26.1. The molecular formula is C10H10N2O3. The fourth-order valence-corrected chi connectivity index (χ4v) is 0.754. The number of hydrogen-bond donors (Lipinski definition) is 1. The van der Waals surface area contributed by atoms with Gasteiger partial charge in [-0.05, 0) is 19.9 Å². The molecule has 5 nitrogen and oxygen atoms in total. The van der Waals surface area contributed by atoms with Crippen molar-refractivity contribution < 1.29 is 14.6 Å². The number of aliphatic hydroxyl groups excluding tert-OH is 1. The summed E-state index contributed by atoms with van der Waals surface area (Å²) in [6, 6.07) is 3.16. The highest BCUT2D eigenvalue weighted by molar-refractivity contribution is 5.92. The van der Waals surface area contributed by atoms with E-state index >= 15 is 0 Å². The Bertz CT molecular complexity index is 374. The van der Waals surface area contributed by atoms with Crippen LogP contribution in [0, 0.1) is 22.7 Å². The van der Waals surface area contributed by atoms with Crippen molar-refractivity contribution in [3.63, 3.8) is 0 Å². The summed E-state index contributed by atoms with van der Waals surface area (Å²) in [4.78, 5) is 11.2. The predicted molar refractivity (Wildman–Crippen MR) is 51.3 cm³/mol. The van der Waals surface area contributed by atoms with Crippen molar-refractivity contribution in [3.05, 3.63) is 23.0 Å². The minimum absolute atomic E-state index is 0.151. The molecule has 5 heteroatoms. The minimum atomic E-state index is -0.763. The zero-order chi connectivity index (χ0) is 11.8. The highest BCUT2D eigenvalue weighted by Gasteiger charge is 2.12. The topological polar surface area (TPSA) is 94.1 Å². The third-order valence-corrected chi connectivity index (χ3v) is 1.41. The van der Waals surface area contributed by atoms with Crippen molar-refractivity contribution in [2.75, 3.05) is 6.61 Å². The molecule has 0 spiro atoms. The second-order valence-corrected chi connectivity index (χ2v) is 2.50. The predicted octanol–water partition coefficient (Wildman–Crippen LogP) is 1.36. The average Bonchev–Trinajstić information content (AvgIpc) is 2.19. The molecule has 0 rings (SSSR count). The maximum Gasteiger partial charge on any atom is 0.341 e. The van der Waals surface area contributed by atoms with E-state index in [1.54, 1.807) is 19.1 Å². The molecule has 0 aromatic heterocycles. The van der Waals surface area contributed by atoms with Gasteiger partial charge in [0.25, 0.3) is 0 Å². The van der Waals surface area contributed by atoms with Gasteiger partial charge >= 0.3 is 5.97 Å². The van der Waals surface area contributed by atoms with E-state index in [4.69, 9.17) is 15.6 Å². The van der Waals surface area contributed by atoms with E-state index in [0.717, 1.165) is 6.08 Å². The summed E-state index contributed by atoms with van der Waals surface area (Å²) in [6.45, 7) is 3.04. The lowest BCUT2D eigenvalue weighted by molar-refractivity contribution is -0.138. The van der Waals surface area contributed by atoms with E-state index < -0.39 is 5.97 Å². The van der Waals surface area contributed by atoms with Crippen LogP contribution < -0.4 is 0 Å². The maximum atomic E-state index is 11.2. The quantitative estimate of drug-likeness (QED) is 0.247. The lowest BCUT2D eigenvalue weighted by Crippen LogP contribution is -2.08. The number of carbonyl (C=O) groups is 1. The molecular weight excluding hydrogens is 196 g/mol. The van der Waals surface area contributed by atoms with E-state index in [1.165, 1.54) is 6.92 Å². The zero-order valence-electron chi connectivity index (χ0n) is 8.44. The largest absolute Gasteiger partial charge is 0.512 e. The van der Waals surface area contributed by atoms with Crippen molar-refractivity contribution in [3.8, 4) is 12.1 Å². The molecule has 0 amide bonds. The Labute approximate surface area is 87.5 Å². The van der Waals surface area contributed by atoms with Crippen LogP contribution in [0.1, 0.15) is 13.8 Å². The first-order chi connectivity index (χ1) is 7.06. The Morgan fingerprint density at radius 1 is 1.47 bits per heavy atom. The van der Waals surface area contributed by atoms with Gasteiger partial charge in [-0.15, -0.1) is 0 Å². The second kappa shape index (κ2) is 6.22. The van der Waals surface area contributed by atoms with Gasteiger partial charge in [0.2, 0.25) is 0 Å². The van der Waals surface area contributed by atoms with Gasteiger partial charge in [-0.3, -0.25) is 0 Å². The van der Waals surface area contributed by atoms with Crippen LogP contribution in [0.15, 0.2) is 23.0 Å². The number of carbonyl (C=O) groups excluding carboxylic acids is 1. The number of aliphatic hydroxyl groups is 1. The lowest BCUT2D eigenvalue weighted by Gasteiger charge is -2.02. The smallest absolute Gasteiger partial charge is 0.341 e. The molecule has 0 aliphatic heterocycles. The van der Waals surface area contributed by atoms with Gasteiger partial charge in [-0.2, -0.15) is 10.5 Å². The van der Waals surface area contributed by atoms with Gasteiger partial charge in [0.05, 0.1) is 12.2 Å². The Kier molecular flexibility index (Phi) is 5.28. The van der Waals surface area contributed by atoms with Gasteiger partial charge in [0.15, 0.2) is 0 Å². The Hall–Kier alpha value is -2.27. The number of allylic oxidation sites excluding steroid dienone is 2. The molecule has 0 radical (unpaired) electrons. The van der Waals surface area contributed by atoms with Gasteiger partial charge < -0.3 is 9.84 Å². The maximum absolute atomic E-state index is 11.2. The van der Waals surface area contributed by atoms with E-state index in [0.29, 0.717) is 0 Å². The summed E-state index contributed by atoms with van der Waals surface area (Å²) in [5.74, 6) is -1.06. The summed E-state index contributed by atoms with van der Waals surface area (Å²) in [5.41, 5.74) is -0.457. The monoisotopic (exact) mass is 206 g/mol. The number of hydrogen-bond acceptors (Lipinski definition) is 5. The molecule has 0 bridgehead atoms. The third-order valence-electron chi connectivity index (χ3n) is 1.41. The van der Waals surface area contributed by atoms with Crippen molar-refractivity contribution >= 4 is 5.97 Å². The molecule has 1 N–H and O–H groups in total. The molecule has 0 saturated carbocycles. The van der Waals surface area contributed by atoms with Crippen molar-refractivity contribution in [1.82, 2.24) is 0 Å². The van der Waals surface area contributed by atoms with Crippen LogP contribution in [0.3, 0.4) is 0 Å². The van der Waals surface area contributed by atoms with E-state index in [-0.39, 0.29) is 23.5 Å². The van der Waals surface area contributed by atoms with Gasteiger partial charge in [-0.1, -0.05) is 0 Å². The number of nitriles is 2. The van der Waals surface area contributed by atoms with Gasteiger partial charge in [0, 0.05) is 0 Å². The number of nitrogens with zero attached hydrogens (tertiary/aromatic N) is 2. The summed E-state index contributed by atoms with van der Waals surface area (Å²) >= 11 is 0. The summed E-state index contributed by atoms with van der Waals surface area (Å²) < 4.78 is 4.63. The van der Waals surface area contributed by atoms with Crippen molar-refractivity contribution in [1.29, 1.82) is 10.5 Å². The van der Waals surface area contributed by atoms with Crippen LogP contribution in [0.2, 0.25) is 0 Å². The fraction of sp³-hybridized carbons (Fsp3) is 0.300. The summed E-state index contributed by atoms with van der Waals surface area (Å²) in [7, 11) is 0. The number of ether oxygens (including phenoxy) is 1. The minimum Gasteiger partial charge on any atom is -0.512 e. The number of rotatable bonds is 3. The van der Waals surface area contributed by atoms with Crippen molar-refractivity contribution in [2.24, 2.45) is 0 Å². The first kappa shape index (κ1) is 12.7. The first-order valence-corrected chi connectivity index (χ1v) is 4.15. The molecule has 78 valence electrons. The normalized spacial score (nSPS) is 10.4. The Morgan fingerprint density at radius 2 is 2.00 bits per heavy atom. The molecule has 0 aliphatic rings. The van der Waals surface area contributed by atoms with E-state index in [9.17, 15) is 4.79 Å². The first-order valence-electron chi connectivity index (χ1n) is 4.15. The molecule has 0 atom stereocenters. The van der Waals surface area contributed by atoms with Crippen LogP contribution in [-0.2, 0) is 9.53 Å². The molecule has 0 aliphatic carbocycles. The lowest BCUT2D eigenvalue weighted by atomic mass is 10.1. The Balaban J connectivity index is 5.16. The zero-order valence-corrected chi connectivity index (χ0v) is 8.44. The molecule has 0 aromatic rings. The summed E-state index contributed by atoms with van der Waals surface area (Å²) in [6.07, 6.45) is 0.993. The molecule has 15 heavy (non-hydrogen) atoms. The van der Waals surface area contributed by atoms with Crippen LogP contribution in [0.25, 0.3) is 0 Å². The van der Waals surface area contributed by atoms with Gasteiger partial charge in [-0.25, -0.2) is 4.79 Å². The Morgan fingerprint density at radius 3 is 2.33 bits per heavy atom. The molecule has 0 fully saturated rings. The van der Waals surface area contributed by atoms with Crippen molar-refractivity contribution in [2.45, 2.75) is 13.8 Å². The van der Waals surface area contributed by atoms with E-state index in [2.05, 4.69) is 4.74 Å². The molecule has 0 heterocycles. The second-order valence-electron chi connectivity index (χ2n) is 2.50. The average molecular weight is 206 g/mol. The van der Waals surface area contributed by atoms with Gasteiger partial charge in [0.1, 0.15) is 23.5 Å². The van der Waals surface area contributed by atoms with Crippen LogP contribution >= 0.6 is 0 Å². The third kappa shape index (κ3) is 3.97.